The lowest BCUT2D eigenvalue weighted by atomic mass is 9.61. The van der Waals surface area contributed by atoms with Crippen LogP contribution in [0.2, 0.25) is 0 Å². The fourth-order valence-corrected chi connectivity index (χ4v) is 7.07. The Hall–Kier alpha value is -2.22. The van der Waals surface area contributed by atoms with Crippen molar-refractivity contribution < 1.29 is 14.3 Å². The Morgan fingerprint density at radius 3 is 2.44 bits per heavy atom. The number of ether oxygens (including phenoxy) is 1. The van der Waals surface area contributed by atoms with Crippen molar-refractivity contribution in [3.63, 3.8) is 0 Å². The lowest BCUT2D eigenvalue weighted by Gasteiger charge is -2.56. The van der Waals surface area contributed by atoms with Crippen LogP contribution in [0.5, 0.6) is 5.75 Å². The second kappa shape index (κ2) is 9.92. The van der Waals surface area contributed by atoms with Gasteiger partial charge in [-0.3, -0.25) is 19.1 Å². The number of carbonyl (C=O) groups excluding carboxylic acids is 2. The molecule has 3 aliphatic heterocycles. The highest BCUT2D eigenvalue weighted by molar-refractivity contribution is 5.97. The third kappa shape index (κ3) is 4.50. The second-order valence-corrected chi connectivity index (χ2v) is 11.9. The van der Waals surface area contributed by atoms with Gasteiger partial charge in [-0.1, -0.05) is 13.8 Å². The number of carbonyl (C=O) groups is 2. The molecular weight excluding hydrogens is 452 g/mol. The molecule has 3 fully saturated rings. The number of piperidine rings is 2. The van der Waals surface area contributed by atoms with E-state index in [1.807, 2.05) is 51.3 Å². The monoisotopic (exact) mass is 494 g/mol. The molecular formula is C29H42N4O3. The van der Waals surface area contributed by atoms with Gasteiger partial charge in [0.1, 0.15) is 5.75 Å². The number of fused-ring (bicyclic) bond motifs is 4. The van der Waals surface area contributed by atoms with Gasteiger partial charge in [0.15, 0.2) is 0 Å². The van der Waals surface area contributed by atoms with Gasteiger partial charge in [0, 0.05) is 55.6 Å². The van der Waals surface area contributed by atoms with E-state index in [1.54, 1.807) is 0 Å². The van der Waals surface area contributed by atoms with E-state index in [0.29, 0.717) is 48.9 Å². The molecule has 7 heteroatoms. The van der Waals surface area contributed by atoms with E-state index in [0.717, 1.165) is 42.8 Å². The molecule has 1 aromatic heterocycles. The van der Waals surface area contributed by atoms with Crippen LogP contribution in [0.4, 0.5) is 0 Å². The van der Waals surface area contributed by atoms with Crippen LogP contribution in [0.15, 0.2) is 18.2 Å². The molecule has 7 nitrogen and oxygen atoms in total. The number of aromatic nitrogens is 1. The number of rotatable bonds is 7. The highest BCUT2D eigenvalue weighted by Gasteiger charge is 2.52. The molecule has 0 spiro atoms. The molecule has 1 saturated carbocycles. The zero-order valence-electron chi connectivity index (χ0n) is 22.8. The van der Waals surface area contributed by atoms with E-state index in [1.165, 1.54) is 17.8 Å². The summed E-state index contributed by atoms with van der Waals surface area (Å²) in [6.45, 7) is 8.42. The Morgan fingerprint density at radius 1 is 1.03 bits per heavy atom. The molecule has 0 amide bonds. The average molecular weight is 495 g/mol. The highest BCUT2D eigenvalue weighted by Crippen LogP contribution is 2.53. The first kappa shape index (κ1) is 25.4. The Bertz CT molecular complexity index is 1150. The normalized spacial score (nSPS) is 29.0. The first-order valence-corrected chi connectivity index (χ1v) is 13.6. The van der Waals surface area contributed by atoms with Crippen molar-refractivity contribution in [2.24, 2.45) is 17.8 Å². The molecule has 4 aliphatic rings. The van der Waals surface area contributed by atoms with Gasteiger partial charge in [-0.25, -0.2) is 0 Å². The van der Waals surface area contributed by atoms with Crippen LogP contribution in [-0.2, 0) is 11.2 Å². The van der Waals surface area contributed by atoms with Crippen molar-refractivity contribution in [3.05, 3.63) is 29.5 Å². The van der Waals surface area contributed by atoms with Crippen LogP contribution in [0.1, 0.15) is 55.1 Å². The van der Waals surface area contributed by atoms with Gasteiger partial charge < -0.3 is 14.5 Å². The molecule has 1 aliphatic carbocycles. The molecule has 4 heterocycles. The van der Waals surface area contributed by atoms with Gasteiger partial charge in [0.2, 0.25) is 5.91 Å². The Morgan fingerprint density at radius 2 is 1.75 bits per heavy atom. The van der Waals surface area contributed by atoms with Crippen LogP contribution in [0.25, 0.3) is 10.9 Å². The summed E-state index contributed by atoms with van der Waals surface area (Å²) in [5, 5.41) is 1.08. The SMILES string of the molecule is CC1C2[C@H]3C[C@@H](CN2CCc2c3n(C(=O)CCN(C)C)c3ccc(OC(=O)CCN(C)C)cc23)[C@@H]1C. The molecule has 196 valence electrons. The number of hydrogen-bond acceptors (Lipinski definition) is 6. The molecule has 36 heavy (non-hydrogen) atoms. The van der Waals surface area contributed by atoms with Gasteiger partial charge in [0.05, 0.1) is 11.9 Å². The van der Waals surface area contributed by atoms with Crippen molar-refractivity contribution in [2.75, 3.05) is 54.4 Å². The summed E-state index contributed by atoms with van der Waals surface area (Å²) < 4.78 is 7.79. The first-order chi connectivity index (χ1) is 17.2. The Kier molecular flexibility index (Phi) is 7.01. The lowest BCUT2D eigenvalue weighted by molar-refractivity contribution is -0.134. The standard InChI is InChI=1S/C29H42N4O3/c1-18-19(2)28-24-15-20(18)17-32(28)14-9-22-23-16-21(36-27(35)11-13-31(5)6)7-8-25(23)33(29(22)24)26(34)10-12-30(3)4/h7-8,16,18-20,24,28H,9-15,17H2,1-6H3/t18-,19?,20+,24-,28?/m1/s1. The molecule has 0 radical (unpaired) electrons. The van der Waals surface area contributed by atoms with Crippen molar-refractivity contribution in [1.82, 2.24) is 19.3 Å². The van der Waals surface area contributed by atoms with E-state index >= 15 is 0 Å². The number of benzene rings is 1. The maximum Gasteiger partial charge on any atom is 0.312 e. The average Bonchev–Trinajstić information content (AvgIpc) is 3.10. The second-order valence-electron chi connectivity index (χ2n) is 11.9. The summed E-state index contributed by atoms with van der Waals surface area (Å²) in [6.07, 6.45) is 2.92. The maximum atomic E-state index is 13.8. The number of hydrogen-bond donors (Lipinski definition) is 0. The fourth-order valence-electron chi connectivity index (χ4n) is 7.07. The highest BCUT2D eigenvalue weighted by atomic mass is 16.5. The minimum atomic E-state index is -0.224. The molecule has 3 unspecified atom stereocenters. The molecule has 6 rings (SSSR count). The van der Waals surface area contributed by atoms with Crippen molar-refractivity contribution in [2.45, 2.75) is 51.5 Å². The quantitative estimate of drug-likeness (QED) is 0.432. The number of esters is 1. The predicted molar refractivity (Wildman–Crippen MR) is 143 cm³/mol. The van der Waals surface area contributed by atoms with Gasteiger partial charge in [-0.2, -0.15) is 0 Å². The molecule has 2 aromatic rings. The molecule has 0 N–H and O–H groups in total. The largest absolute Gasteiger partial charge is 0.426 e. The topological polar surface area (TPSA) is 58.0 Å². The zero-order valence-corrected chi connectivity index (χ0v) is 22.8. The van der Waals surface area contributed by atoms with Gasteiger partial charge >= 0.3 is 5.97 Å². The summed E-state index contributed by atoms with van der Waals surface area (Å²) in [4.78, 5) is 33.0. The third-order valence-electron chi connectivity index (χ3n) is 9.07. The van der Waals surface area contributed by atoms with Crippen LogP contribution in [-0.4, -0.2) is 91.6 Å². The van der Waals surface area contributed by atoms with Crippen molar-refractivity contribution in [3.8, 4) is 5.75 Å². The molecule has 2 saturated heterocycles. The van der Waals surface area contributed by atoms with Crippen LogP contribution in [0, 0.1) is 17.8 Å². The van der Waals surface area contributed by atoms with E-state index < -0.39 is 0 Å². The maximum absolute atomic E-state index is 13.8. The summed E-state index contributed by atoms with van der Waals surface area (Å²) >= 11 is 0. The van der Waals surface area contributed by atoms with Gasteiger partial charge in [-0.05, 0) is 82.5 Å². The van der Waals surface area contributed by atoms with Crippen molar-refractivity contribution in [1.29, 1.82) is 0 Å². The van der Waals surface area contributed by atoms with Gasteiger partial charge in [0.25, 0.3) is 0 Å². The summed E-state index contributed by atoms with van der Waals surface area (Å²) in [6, 6.07) is 6.34. The summed E-state index contributed by atoms with van der Waals surface area (Å²) in [5.74, 6) is 2.90. The van der Waals surface area contributed by atoms with Gasteiger partial charge in [-0.15, -0.1) is 0 Å². The Labute approximate surface area is 215 Å². The van der Waals surface area contributed by atoms with E-state index in [2.05, 4.69) is 28.2 Å². The Balaban J connectivity index is 1.58. The van der Waals surface area contributed by atoms with Crippen molar-refractivity contribution >= 4 is 22.8 Å². The number of nitrogens with zero attached hydrogens (tertiary/aromatic N) is 4. The summed E-state index contributed by atoms with van der Waals surface area (Å²) in [7, 11) is 7.93. The molecule has 6 atom stereocenters. The molecule has 1 aromatic carbocycles. The van der Waals surface area contributed by atoms with Crippen LogP contribution in [0.3, 0.4) is 0 Å². The molecule has 4 bridgehead atoms. The van der Waals surface area contributed by atoms with E-state index in [4.69, 9.17) is 4.74 Å². The summed E-state index contributed by atoms with van der Waals surface area (Å²) in [5.41, 5.74) is 3.49. The smallest absolute Gasteiger partial charge is 0.312 e. The van der Waals surface area contributed by atoms with E-state index in [-0.39, 0.29) is 11.9 Å². The minimum Gasteiger partial charge on any atom is -0.426 e. The van der Waals surface area contributed by atoms with E-state index in [9.17, 15) is 9.59 Å². The first-order valence-electron chi connectivity index (χ1n) is 13.6. The third-order valence-corrected chi connectivity index (χ3v) is 9.07. The minimum absolute atomic E-state index is 0.168. The fraction of sp³-hybridized carbons (Fsp3) is 0.655. The predicted octanol–water partition coefficient (Wildman–Crippen LogP) is 3.71. The van der Waals surface area contributed by atoms with Crippen LogP contribution < -0.4 is 4.74 Å². The lowest BCUT2D eigenvalue weighted by Crippen LogP contribution is -2.59. The van der Waals surface area contributed by atoms with Crippen LogP contribution >= 0.6 is 0 Å². The zero-order chi connectivity index (χ0) is 25.7.